The third-order valence-electron chi connectivity index (χ3n) is 5.57. The Morgan fingerprint density at radius 3 is 2.71 bits per heavy atom. The van der Waals surface area contributed by atoms with E-state index in [1.165, 1.54) is 4.57 Å². The van der Waals surface area contributed by atoms with Gasteiger partial charge in [-0.05, 0) is 61.2 Å². The van der Waals surface area contributed by atoms with Crippen LogP contribution in [-0.2, 0) is 4.79 Å². The van der Waals surface area contributed by atoms with Crippen LogP contribution in [0.3, 0.4) is 0 Å². The lowest BCUT2D eigenvalue weighted by molar-refractivity contribution is -0.121. The molecule has 0 bridgehead atoms. The zero-order valence-electron chi connectivity index (χ0n) is 17.8. The number of carbonyl (C=O) groups excluding carboxylic acids is 2. The number of aromatic nitrogens is 1. The van der Waals surface area contributed by atoms with E-state index in [4.69, 9.17) is 9.47 Å². The molecule has 0 saturated heterocycles. The zero-order valence-corrected chi connectivity index (χ0v) is 17.8. The number of rotatable bonds is 6. The molecule has 1 atom stereocenters. The molecule has 1 aliphatic rings. The number of ketones is 1. The second-order valence-corrected chi connectivity index (χ2v) is 7.54. The molecule has 31 heavy (non-hydrogen) atoms. The molecular weight excluding hydrogens is 396 g/mol. The Morgan fingerprint density at radius 1 is 1.16 bits per heavy atom. The predicted molar refractivity (Wildman–Crippen MR) is 118 cm³/mol. The summed E-state index contributed by atoms with van der Waals surface area (Å²) in [5, 5.41) is 1.27. The largest absolute Gasteiger partial charge is 0.497 e. The minimum absolute atomic E-state index is 0.00599. The van der Waals surface area contributed by atoms with E-state index in [1.807, 2.05) is 6.92 Å². The number of fused-ring (bicyclic) bond motifs is 2. The van der Waals surface area contributed by atoms with Crippen molar-refractivity contribution in [2.75, 3.05) is 25.2 Å². The van der Waals surface area contributed by atoms with E-state index in [1.54, 1.807) is 67.6 Å². The van der Waals surface area contributed by atoms with Crippen molar-refractivity contribution in [1.82, 2.24) is 4.57 Å². The highest BCUT2D eigenvalue weighted by Crippen LogP contribution is 2.34. The van der Waals surface area contributed by atoms with Gasteiger partial charge in [0.15, 0.2) is 12.4 Å². The molecule has 7 nitrogen and oxygen atoms in total. The van der Waals surface area contributed by atoms with Crippen LogP contribution in [0.4, 0.5) is 5.69 Å². The minimum atomic E-state index is -0.711. The lowest BCUT2D eigenvalue weighted by atomic mass is 10.0. The molecule has 0 N–H and O–H groups in total. The quantitative estimate of drug-likeness (QED) is 0.570. The molecule has 0 saturated carbocycles. The Hall–Kier alpha value is -3.61. The number of nitrogens with zero attached hydrogens (tertiary/aromatic N) is 2. The Balaban J connectivity index is 1.70. The number of pyridine rings is 1. The van der Waals surface area contributed by atoms with Crippen LogP contribution in [0.2, 0.25) is 0 Å². The van der Waals surface area contributed by atoms with E-state index < -0.39 is 6.04 Å². The van der Waals surface area contributed by atoms with E-state index in [0.717, 1.165) is 11.8 Å². The molecule has 0 fully saturated rings. The number of anilines is 1. The maximum absolute atomic E-state index is 13.2. The highest BCUT2D eigenvalue weighted by Gasteiger charge is 2.27. The SMILES string of the molecule is CCCN1C(=O)COc2ccc(C(=O)C(C)n3ccc4cc(OC)ccc4c3=O)cc21. The number of methoxy groups -OCH3 is 1. The summed E-state index contributed by atoms with van der Waals surface area (Å²) in [5.41, 5.74) is 0.770. The van der Waals surface area contributed by atoms with Crippen molar-refractivity contribution in [3.8, 4) is 11.5 Å². The van der Waals surface area contributed by atoms with E-state index in [-0.39, 0.29) is 23.9 Å². The molecule has 0 aliphatic carbocycles. The third-order valence-corrected chi connectivity index (χ3v) is 5.57. The number of Topliss-reactive ketones (excluding diaryl/α,β-unsaturated/α-hetero) is 1. The van der Waals surface area contributed by atoms with E-state index in [9.17, 15) is 14.4 Å². The Kier molecular flexibility index (Phi) is 5.50. The molecule has 2 heterocycles. The van der Waals surface area contributed by atoms with Gasteiger partial charge in [-0.15, -0.1) is 0 Å². The molecule has 7 heteroatoms. The summed E-state index contributed by atoms with van der Waals surface area (Å²) >= 11 is 0. The van der Waals surface area contributed by atoms with Crippen LogP contribution in [-0.4, -0.2) is 36.5 Å². The highest BCUT2D eigenvalue weighted by atomic mass is 16.5. The molecule has 1 unspecified atom stereocenters. The van der Waals surface area contributed by atoms with Gasteiger partial charge >= 0.3 is 0 Å². The van der Waals surface area contributed by atoms with Crippen molar-refractivity contribution in [1.29, 1.82) is 0 Å². The monoisotopic (exact) mass is 420 g/mol. The average Bonchev–Trinajstić information content (AvgIpc) is 2.79. The molecule has 1 aromatic heterocycles. The third kappa shape index (κ3) is 3.67. The summed E-state index contributed by atoms with van der Waals surface area (Å²) in [4.78, 5) is 40.2. The van der Waals surface area contributed by atoms with Crippen LogP contribution >= 0.6 is 0 Å². The molecule has 3 aromatic rings. The van der Waals surface area contributed by atoms with Gasteiger partial charge in [-0.25, -0.2) is 0 Å². The van der Waals surface area contributed by atoms with Crippen molar-refractivity contribution in [2.45, 2.75) is 26.3 Å². The summed E-state index contributed by atoms with van der Waals surface area (Å²) in [6.45, 7) is 4.23. The van der Waals surface area contributed by atoms with Crippen LogP contribution in [0.15, 0.2) is 53.5 Å². The average molecular weight is 420 g/mol. The fourth-order valence-electron chi connectivity index (χ4n) is 3.86. The van der Waals surface area contributed by atoms with Gasteiger partial charge in [0.1, 0.15) is 11.5 Å². The van der Waals surface area contributed by atoms with Gasteiger partial charge in [0.2, 0.25) is 0 Å². The minimum Gasteiger partial charge on any atom is -0.497 e. The van der Waals surface area contributed by atoms with Crippen molar-refractivity contribution >= 4 is 28.2 Å². The first-order valence-electron chi connectivity index (χ1n) is 10.2. The Bertz CT molecular complexity index is 1230. The Morgan fingerprint density at radius 2 is 1.97 bits per heavy atom. The van der Waals surface area contributed by atoms with E-state index in [0.29, 0.717) is 34.7 Å². The van der Waals surface area contributed by atoms with Crippen molar-refractivity contribution in [2.24, 2.45) is 0 Å². The fourth-order valence-corrected chi connectivity index (χ4v) is 3.86. The van der Waals surface area contributed by atoms with Crippen LogP contribution in [0.1, 0.15) is 36.7 Å². The number of carbonyl (C=O) groups is 2. The van der Waals surface area contributed by atoms with Gasteiger partial charge in [0.05, 0.1) is 18.8 Å². The predicted octanol–water partition coefficient (Wildman–Crippen LogP) is 3.59. The molecule has 1 amide bonds. The molecular formula is C24H24N2O5. The van der Waals surface area contributed by atoms with Gasteiger partial charge in [0.25, 0.3) is 11.5 Å². The number of ether oxygens (including phenoxy) is 2. The first-order chi connectivity index (χ1) is 14.9. The number of amides is 1. The van der Waals surface area contributed by atoms with Crippen LogP contribution in [0.5, 0.6) is 11.5 Å². The molecule has 1 aliphatic heterocycles. The van der Waals surface area contributed by atoms with Crippen molar-refractivity contribution in [3.05, 3.63) is 64.6 Å². The number of hydrogen-bond donors (Lipinski definition) is 0. The van der Waals surface area contributed by atoms with Crippen molar-refractivity contribution < 1.29 is 19.1 Å². The van der Waals surface area contributed by atoms with Gasteiger partial charge in [-0.3, -0.25) is 14.4 Å². The first-order valence-corrected chi connectivity index (χ1v) is 10.2. The summed E-state index contributed by atoms with van der Waals surface area (Å²) in [6, 6.07) is 11.4. The molecule has 0 radical (unpaired) electrons. The van der Waals surface area contributed by atoms with Crippen LogP contribution < -0.4 is 19.9 Å². The first kappa shape index (κ1) is 20.7. The molecule has 160 valence electrons. The lowest BCUT2D eigenvalue weighted by Gasteiger charge is -2.29. The molecule has 0 spiro atoms. The number of benzene rings is 2. The smallest absolute Gasteiger partial charge is 0.265 e. The normalized spacial score (nSPS) is 14.2. The van der Waals surface area contributed by atoms with E-state index >= 15 is 0 Å². The fraction of sp³-hybridized carbons (Fsp3) is 0.292. The maximum Gasteiger partial charge on any atom is 0.265 e. The number of hydrogen-bond acceptors (Lipinski definition) is 5. The second-order valence-electron chi connectivity index (χ2n) is 7.54. The topological polar surface area (TPSA) is 77.8 Å². The summed E-state index contributed by atoms with van der Waals surface area (Å²) in [7, 11) is 1.57. The van der Waals surface area contributed by atoms with Crippen LogP contribution in [0, 0.1) is 0 Å². The standard InChI is InChI=1S/C24H24N2O5/c1-4-10-26-20-13-17(5-8-21(20)31-14-22(26)27)23(28)15(2)25-11-9-16-12-18(30-3)6-7-19(16)24(25)29/h5-9,11-13,15H,4,10,14H2,1-3H3. The van der Waals surface area contributed by atoms with Gasteiger partial charge < -0.3 is 18.9 Å². The summed E-state index contributed by atoms with van der Waals surface area (Å²) in [5.74, 6) is 0.894. The van der Waals surface area contributed by atoms with Crippen LogP contribution in [0.25, 0.3) is 10.8 Å². The van der Waals surface area contributed by atoms with Gasteiger partial charge in [-0.2, -0.15) is 0 Å². The van der Waals surface area contributed by atoms with Gasteiger partial charge in [0, 0.05) is 23.7 Å². The molecule has 4 rings (SSSR count). The lowest BCUT2D eigenvalue weighted by Crippen LogP contribution is -2.39. The Labute approximate surface area is 179 Å². The van der Waals surface area contributed by atoms with Gasteiger partial charge in [-0.1, -0.05) is 6.92 Å². The summed E-state index contributed by atoms with van der Waals surface area (Å²) < 4.78 is 12.2. The summed E-state index contributed by atoms with van der Waals surface area (Å²) in [6.07, 6.45) is 2.41. The van der Waals surface area contributed by atoms with Crippen molar-refractivity contribution in [3.63, 3.8) is 0 Å². The highest BCUT2D eigenvalue weighted by molar-refractivity contribution is 6.03. The zero-order chi connectivity index (χ0) is 22.1. The van der Waals surface area contributed by atoms with E-state index in [2.05, 4.69) is 0 Å². The molecule has 2 aromatic carbocycles. The second kappa shape index (κ2) is 8.26. The maximum atomic E-state index is 13.2.